The zero-order valence-electron chi connectivity index (χ0n) is 19.4. The number of pyridine rings is 1. The molecule has 0 atom stereocenters. The van der Waals surface area contributed by atoms with Crippen LogP contribution in [0.3, 0.4) is 0 Å². The van der Waals surface area contributed by atoms with Crippen molar-refractivity contribution in [3.05, 3.63) is 62.5 Å². The molecule has 1 aromatic carbocycles. The van der Waals surface area contributed by atoms with E-state index < -0.39 is 17.8 Å². The second-order valence-corrected chi connectivity index (χ2v) is 10.0. The number of piperidine rings is 1. The number of aliphatic carboxylic acids is 1. The monoisotopic (exact) mass is 527 g/mol. The molecule has 1 saturated heterocycles. The lowest BCUT2D eigenvalue weighted by Crippen LogP contribution is -2.34. The maximum absolute atomic E-state index is 13.3. The lowest BCUT2D eigenvalue weighted by molar-refractivity contribution is -0.141. The van der Waals surface area contributed by atoms with Crippen molar-refractivity contribution in [2.75, 3.05) is 13.1 Å². The number of alkyl halides is 3. The molecule has 2 aromatic heterocycles. The minimum absolute atomic E-state index is 0.194. The Hall–Kier alpha value is -2.29. The first-order chi connectivity index (χ1) is 16.4. The molecule has 10 heteroatoms. The average molecular weight is 528 g/mol. The van der Waals surface area contributed by atoms with Crippen LogP contribution < -0.4 is 0 Å². The summed E-state index contributed by atoms with van der Waals surface area (Å²) < 4.78 is 41.6. The zero-order valence-corrected chi connectivity index (χ0v) is 20.9. The van der Waals surface area contributed by atoms with Crippen LogP contribution in [0.15, 0.2) is 24.4 Å². The maximum Gasteiger partial charge on any atom is 0.433 e. The van der Waals surface area contributed by atoms with Crippen LogP contribution in [0.25, 0.3) is 10.9 Å². The first-order valence-corrected chi connectivity index (χ1v) is 12.1. The topological polar surface area (TPSA) is 58.4 Å². The number of aryl methyl sites for hydroxylation is 2. The lowest BCUT2D eigenvalue weighted by atomic mass is 9.93. The number of nitrogens with zero attached hydrogens (tertiary/aromatic N) is 3. The van der Waals surface area contributed by atoms with Crippen molar-refractivity contribution in [2.45, 2.75) is 52.4 Å². The summed E-state index contributed by atoms with van der Waals surface area (Å²) in [6, 6.07) is 4.77. The van der Waals surface area contributed by atoms with E-state index in [2.05, 4.69) is 9.88 Å². The van der Waals surface area contributed by atoms with E-state index in [1.165, 1.54) is 0 Å². The third-order valence-electron chi connectivity index (χ3n) is 6.68. The predicted molar refractivity (Wildman–Crippen MR) is 130 cm³/mol. The molecule has 0 amide bonds. The minimum atomic E-state index is -4.52. The second-order valence-electron chi connectivity index (χ2n) is 9.24. The molecule has 188 valence electrons. The lowest BCUT2D eigenvalue weighted by Gasteiger charge is -2.31. The average Bonchev–Trinajstić information content (AvgIpc) is 3.09. The molecule has 5 nitrogen and oxygen atoms in total. The van der Waals surface area contributed by atoms with Crippen molar-refractivity contribution < 1.29 is 23.1 Å². The Morgan fingerprint density at radius 3 is 2.49 bits per heavy atom. The highest BCUT2D eigenvalue weighted by atomic mass is 35.5. The number of halogens is 5. The van der Waals surface area contributed by atoms with E-state index in [0.29, 0.717) is 45.2 Å². The molecule has 1 N–H and O–H groups in total. The summed E-state index contributed by atoms with van der Waals surface area (Å²) in [6.07, 6.45) is -0.873. The van der Waals surface area contributed by atoms with E-state index in [9.17, 15) is 18.0 Å². The summed E-state index contributed by atoms with van der Waals surface area (Å²) in [7, 11) is 0. The van der Waals surface area contributed by atoms with E-state index in [-0.39, 0.29) is 18.0 Å². The maximum atomic E-state index is 13.3. The number of carboxylic acid groups (broad SMARTS) is 1. The SMILES string of the molecule is Cc1cn(Cc2c(Cl)ccc(CN3CCC(CC(=O)O)CC3)c2Cl)c2c(C)nc(C(F)(F)F)cc12. The van der Waals surface area contributed by atoms with Gasteiger partial charge in [0.25, 0.3) is 0 Å². The molecule has 35 heavy (non-hydrogen) atoms. The number of benzene rings is 1. The third kappa shape index (κ3) is 5.60. The standard InChI is InChI=1S/C25H26Cl2F3N3O2/c1-14-11-33(24-15(2)31-21(10-18(14)24)25(28,29)30)13-19-20(26)4-3-17(23(19)27)12-32-7-5-16(6-8-32)9-22(34)35/h3-4,10-11,16H,5-9,12-13H2,1-2H3,(H,34,35). The first kappa shape index (κ1) is 25.8. The quantitative estimate of drug-likeness (QED) is 0.386. The molecule has 0 spiro atoms. The van der Waals surface area contributed by atoms with Gasteiger partial charge in [-0.25, -0.2) is 4.98 Å². The van der Waals surface area contributed by atoms with Crippen LogP contribution in [0.4, 0.5) is 13.2 Å². The van der Waals surface area contributed by atoms with Crippen LogP contribution in [0.1, 0.15) is 47.3 Å². The molecule has 1 aliphatic rings. The molecule has 1 fully saturated rings. The Morgan fingerprint density at radius 2 is 1.86 bits per heavy atom. The summed E-state index contributed by atoms with van der Waals surface area (Å²) in [5.74, 6) is -0.568. The zero-order chi connectivity index (χ0) is 25.5. The van der Waals surface area contributed by atoms with Crippen molar-refractivity contribution in [3.8, 4) is 0 Å². The van der Waals surface area contributed by atoms with Gasteiger partial charge in [0.15, 0.2) is 0 Å². The van der Waals surface area contributed by atoms with Gasteiger partial charge in [-0.3, -0.25) is 9.69 Å². The summed E-state index contributed by atoms with van der Waals surface area (Å²) >= 11 is 13.3. The molecule has 0 radical (unpaired) electrons. The number of likely N-dealkylation sites (tertiary alicyclic amines) is 1. The Labute approximate surface area is 211 Å². The molecule has 0 unspecified atom stereocenters. The molecular weight excluding hydrogens is 502 g/mol. The van der Waals surface area contributed by atoms with E-state index >= 15 is 0 Å². The number of fused-ring (bicyclic) bond motifs is 1. The predicted octanol–water partition coefficient (Wildman–Crippen LogP) is 6.71. The summed E-state index contributed by atoms with van der Waals surface area (Å²) in [4.78, 5) is 17.0. The van der Waals surface area contributed by atoms with Crippen molar-refractivity contribution >= 4 is 40.1 Å². The minimum Gasteiger partial charge on any atom is -0.481 e. The molecule has 0 aliphatic carbocycles. The third-order valence-corrected chi connectivity index (χ3v) is 7.50. The number of aromatic nitrogens is 2. The normalized spacial score (nSPS) is 15.7. The summed E-state index contributed by atoms with van der Waals surface area (Å²) in [5, 5.41) is 10.5. The van der Waals surface area contributed by atoms with Crippen LogP contribution in [0.2, 0.25) is 10.0 Å². The van der Waals surface area contributed by atoms with Gasteiger partial charge in [-0.1, -0.05) is 29.3 Å². The van der Waals surface area contributed by atoms with Gasteiger partial charge in [0.1, 0.15) is 5.69 Å². The van der Waals surface area contributed by atoms with Gasteiger partial charge in [0, 0.05) is 35.1 Å². The Bertz CT molecular complexity index is 1270. The first-order valence-electron chi connectivity index (χ1n) is 11.4. The van der Waals surface area contributed by atoms with Gasteiger partial charge in [0.05, 0.1) is 22.8 Å². The fraction of sp³-hybridized carbons (Fsp3) is 0.440. The Morgan fingerprint density at radius 1 is 1.17 bits per heavy atom. The molecule has 1 aliphatic heterocycles. The van der Waals surface area contributed by atoms with Crippen LogP contribution in [-0.4, -0.2) is 38.6 Å². The van der Waals surface area contributed by atoms with E-state index in [1.807, 2.05) is 10.6 Å². The summed E-state index contributed by atoms with van der Waals surface area (Å²) in [5.41, 5.74) is 2.31. The van der Waals surface area contributed by atoms with E-state index in [1.54, 1.807) is 26.1 Å². The van der Waals surface area contributed by atoms with E-state index in [0.717, 1.165) is 37.6 Å². The van der Waals surface area contributed by atoms with Crippen molar-refractivity contribution in [1.82, 2.24) is 14.5 Å². The van der Waals surface area contributed by atoms with Gasteiger partial charge >= 0.3 is 12.1 Å². The molecule has 0 bridgehead atoms. The number of carbonyl (C=O) groups is 1. The number of rotatable bonds is 6. The molecule has 4 rings (SSSR count). The second kappa shape index (κ2) is 9.99. The van der Waals surface area contributed by atoms with Crippen LogP contribution in [0.5, 0.6) is 0 Å². The fourth-order valence-corrected chi connectivity index (χ4v) is 5.44. The van der Waals surface area contributed by atoms with Gasteiger partial charge in [-0.2, -0.15) is 13.2 Å². The van der Waals surface area contributed by atoms with Gasteiger partial charge in [-0.15, -0.1) is 0 Å². The fourth-order valence-electron chi connectivity index (χ4n) is 4.89. The van der Waals surface area contributed by atoms with Gasteiger partial charge < -0.3 is 9.67 Å². The molecule has 3 heterocycles. The Kier molecular flexibility index (Phi) is 7.36. The number of hydrogen-bond acceptors (Lipinski definition) is 3. The molecule has 3 aromatic rings. The van der Waals surface area contributed by atoms with E-state index in [4.69, 9.17) is 28.3 Å². The largest absolute Gasteiger partial charge is 0.481 e. The van der Waals surface area contributed by atoms with Crippen molar-refractivity contribution in [2.24, 2.45) is 5.92 Å². The van der Waals surface area contributed by atoms with Gasteiger partial charge in [0.2, 0.25) is 0 Å². The van der Waals surface area contributed by atoms with Crippen LogP contribution in [-0.2, 0) is 24.1 Å². The highest BCUT2D eigenvalue weighted by Gasteiger charge is 2.33. The van der Waals surface area contributed by atoms with Gasteiger partial charge in [-0.05, 0) is 69.0 Å². The Balaban J connectivity index is 1.59. The smallest absolute Gasteiger partial charge is 0.433 e. The van der Waals surface area contributed by atoms with Crippen molar-refractivity contribution in [1.29, 1.82) is 0 Å². The number of carboxylic acids is 1. The summed E-state index contributed by atoms with van der Waals surface area (Å²) in [6.45, 7) is 5.83. The molecular formula is C25H26Cl2F3N3O2. The van der Waals surface area contributed by atoms with Crippen molar-refractivity contribution in [3.63, 3.8) is 0 Å². The van der Waals surface area contributed by atoms with Crippen LogP contribution in [0, 0.1) is 19.8 Å². The number of hydrogen-bond donors (Lipinski definition) is 1. The highest BCUT2D eigenvalue weighted by Crippen LogP contribution is 2.35. The highest BCUT2D eigenvalue weighted by molar-refractivity contribution is 6.36. The molecule has 0 saturated carbocycles. The van der Waals surface area contributed by atoms with Crippen LogP contribution >= 0.6 is 23.2 Å².